The number of nitrogens with one attached hydrogen (secondary N) is 1. The fourth-order valence-electron chi connectivity index (χ4n) is 2.16. The molecule has 0 radical (unpaired) electrons. The van der Waals surface area contributed by atoms with E-state index >= 15 is 0 Å². The monoisotopic (exact) mass is 261 g/mol. The number of fused-ring (bicyclic) bond motifs is 1. The number of hydrogen-bond donors (Lipinski definition) is 1. The van der Waals surface area contributed by atoms with Crippen LogP contribution in [0.1, 0.15) is 28.7 Å². The van der Waals surface area contributed by atoms with E-state index in [0.29, 0.717) is 6.42 Å². The molecule has 1 N–H and O–H groups in total. The van der Waals surface area contributed by atoms with Crippen LogP contribution < -0.4 is 5.32 Å². The smallest absolute Gasteiger partial charge is 0.224 e. The molecule has 1 atom stereocenters. The molecular formula is C14H12ClNO2. The molecule has 3 nitrogen and oxygen atoms in total. The average molecular weight is 262 g/mol. The Morgan fingerprint density at radius 3 is 2.94 bits per heavy atom. The van der Waals surface area contributed by atoms with Crippen molar-refractivity contribution in [3.05, 3.63) is 53.5 Å². The number of halogens is 1. The summed E-state index contributed by atoms with van der Waals surface area (Å²) in [6, 6.07) is 9.54. The number of hydrogen-bond acceptors (Lipinski definition) is 2. The first kappa shape index (κ1) is 11.4. The van der Waals surface area contributed by atoms with E-state index in [1.54, 1.807) is 6.26 Å². The quantitative estimate of drug-likeness (QED) is 0.841. The van der Waals surface area contributed by atoms with Gasteiger partial charge >= 0.3 is 0 Å². The fourth-order valence-corrected chi connectivity index (χ4v) is 2.42. The van der Waals surface area contributed by atoms with Gasteiger partial charge in [0.15, 0.2) is 0 Å². The molecule has 2 aromatic rings. The lowest BCUT2D eigenvalue weighted by Gasteiger charge is -2.18. The summed E-state index contributed by atoms with van der Waals surface area (Å²) in [5.74, 6) is 0.806. The van der Waals surface area contributed by atoms with Gasteiger partial charge in [-0.05, 0) is 35.7 Å². The first-order valence-corrected chi connectivity index (χ1v) is 6.28. The van der Waals surface area contributed by atoms with E-state index < -0.39 is 0 Å². The maximum atomic E-state index is 11.3. The zero-order chi connectivity index (χ0) is 12.5. The van der Waals surface area contributed by atoms with E-state index in [9.17, 15) is 4.79 Å². The summed E-state index contributed by atoms with van der Waals surface area (Å²) >= 11 is 6.36. The topological polar surface area (TPSA) is 42.2 Å². The standard InChI is InChI=1S/C14H12ClNO2/c15-14(12-2-1-7-18-12)10-3-5-11-9(8-10)4-6-13(17)16-11/h1-3,5,7-8,14H,4,6H2,(H,16,17). The number of amides is 1. The van der Waals surface area contributed by atoms with Gasteiger partial charge in [-0.3, -0.25) is 4.79 Å². The predicted octanol–water partition coefficient (Wildman–Crippen LogP) is 3.49. The zero-order valence-electron chi connectivity index (χ0n) is 9.65. The molecule has 1 aromatic heterocycles. The van der Waals surface area contributed by atoms with Crippen LogP contribution in [-0.4, -0.2) is 5.91 Å². The highest BCUT2D eigenvalue weighted by Crippen LogP contribution is 2.32. The van der Waals surface area contributed by atoms with Crippen molar-refractivity contribution >= 4 is 23.2 Å². The second kappa shape index (κ2) is 4.50. The molecule has 1 aromatic carbocycles. The minimum absolute atomic E-state index is 0.0729. The third-order valence-corrected chi connectivity index (χ3v) is 3.58. The van der Waals surface area contributed by atoms with Crippen LogP contribution in [0.25, 0.3) is 0 Å². The van der Waals surface area contributed by atoms with E-state index in [1.807, 2.05) is 30.3 Å². The van der Waals surface area contributed by atoms with Crippen LogP contribution in [0.5, 0.6) is 0 Å². The molecule has 1 amide bonds. The Bertz CT molecular complexity index is 577. The van der Waals surface area contributed by atoms with Crippen LogP contribution in [0.4, 0.5) is 5.69 Å². The molecule has 0 fully saturated rings. The van der Waals surface area contributed by atoms with Gasteiger partial charge in [0.2, 0.25) is 5.91 Å². The van der Waals surface area contributed by atoms with Gasteiger partial charge in [-0.2, -0.15) is 0 Å². The lowest BCUT2D eigenvalue weighted by Crippen LogP contribution is -2.19. The summed E-state index contributed by atoms with van der Waals surface area (Å²) in [6.07, 6.45) is 2.91. The molecular weight excluding hydrogens is 250 g/mol. The van der Waals surface area contributed by atoms with Crippen LogP contribution >= 0.6 is 11.6 Å². The number of benzene rings is 1. The summed E-state index contributed by atoms with van der Waals surface area (Å²) in [7, 11) is 0. The van der Waals surface area contributed by atoms with Gasteiger partial charge in [0, 0.05) is 12.1 Å². The minimum Gasteiger partial charge on any atom is -0.467 e. The Labute approximate surface area is 110 Å². The van der Waals surface area contributed by atoms with E-state index in [2.05, 4.69) is 5.32 Å². The lowest BCUT2D eigenvalue weighted by molar-refractivity contribution is -0.116. The minimum atomic E-state index is -0.289. The number of anilines is 1. The number of carbonyl (C=O) groups excluding carboxylic acids is 1. The molecule has 92 valence electrons. The highest BCUT2D eigenvalue weighted by Gasteiger charge is 2.18. The number of aryl methyl sites for hydroxylation is 1. The third kappa shape index (κ3) is 2.02. The highest BCUT2D eigenvalue weighted by atomic mass is 35.5. The maximum Gasteiger partial charge on any atom is 0.224 e. The van der Waals surface area contributed by atoms with Crippen molar-refractivity contribution < 1.29 is 9.21 Å². The molecule has 1 unspecified atom stereocenters. The van der Waals surface area contributed by atoms with Crippen molar-refractivity contribution in [2.45, 2.75) is 18.2 Å². The molecule has 0 spiro atoms. The van der Waals surface area contributed by atoms with Crippen molar-refractivity contribution in [3.63, 3.8) is 0 Å². The van der Waals surface area contributed by atoms with Crippen molar-refractivity contribution in [1.82, 2.24) is 0 Å². The molecule has 2 heterocycles. The lowest BCUT2D eigenvalue weighted by atomic mass is 9.98. The van der Waals surface area contributed by atoms with E-state index in [0.717, 1.165) is 29.0 Å². The number of furan rings is 1. The summed E-state index contributed by atoms with van der Waals surface area (Å²) in [5.41, 5.74) is 3.00. The molecule has 3 rings (SSSR count). The molecule has 0 saturated heterocycles. The van der Waals surface area contributed by atoms with Gasteiger partial charge in [-0.1, -0.05) is 12.1 Å². The Balaban J connectivity index is 1.93. The Kier molecular flexibility index (Phi) is 2.84. The van der Waals surface area contributed by atoms with Gasteiger partial charge < -0.3 is 9.73 Å². The van der Waals surface area contributed by atoms with E-state index in [1.165, 1.54) is 0 Å². The molecule has 0 aliphatic carbocycles. The second-order valence-corrected chi connectivity index (χ2v) is 4.78. The summed E-state index contributed by atoms with van der Waals surface area (Å²) in [6.45, 7) is 0. The van der Waals surface area contributed by atoms with Crippen LogP contribution in [0.2, 0.25) is 0 Å². The average Bonchev–Trinajstić information content (AvgIpc) is 2.91. The molecule has 4 heteroatoms. The highest BCUT2D eigenvalue weighted by molar-refractivity contribution is 6.22. The summed E-state index contributed by atoms with van der Waals surface area (Å²) in [4.78, 5) is 11.3. The summed E-state index contributed by atoms with van der Waals surface area (Å²) in [5, 5.41) is 2.57. The Morgan fingerprint density at radius 1 is 1.28 bits per heavy atom. The number of rotatable bonds is 2. The zero-order valence-corrected chi connectivity index (χ0v) is 10.4. The van der Waals surface area contributed by atoms with Gasteiger partial charge in [0.05, 0.1) is 6.26 Å². The molecule has 0 bridgehead atoms. The normalized spacial score (nSPS) is 15.9. The van der Waals surface area contributed by atoms with Crippen LogP contribution in [0.15, 0.2) is 41.0 Å². The number of carbonyl (C=O) groups is 1. The molecule has 1 aliphatic rings. The Morgan fingerprint density at radius 2 is 2.17 bits per heavy atom. The van der Waals surface area contributed by atoms with Crippen LogP contribution in [0, 0.1) is 0 Å². The molecule has 18 heavy (non-hydrogen) atoms. The van der Waals surface area contributed by atoms with Crippen molar-refractivity contribution in [2.24, 2.45) is 0 Å². The maximum absolute atomic E-state index is 11.3. The largest absolute Gasteiger partial charge is 0.467 e. The fraction of sp³-hybridized carbons (Fsp3) is 0.214. The van der Waals surface area contributed by atoms with Crippen molar-refractivity contribution in [2.75, 3.05) is 5.32 Å². The summed E-state index contributed by atoms with van der Waals surface area (Å²) < 4.78 is 5.31. The van der Waals surface area contributed by atoms with Crippen molar-refractivity contribution in [1.29, 1.82) is 0 Å². The first-order valence-electron chi connectivity index (χ1n) is 5.84. The van der Waals surface area contributed by atoms with Gasteiger partial charge in [0.25, 0.3) is 0 Å². The van der Waals surface area contributed by atoms with Crippen LogP contribution in [-0.2, 0) is 11.2 Å². The van der Waals surface area contributed by atoms with E-state index in [4.69, 9.17) is 16.0 Å². The Hall–Kier alpha value is -1.74. The SMILES string of the molecule is O=C1CCc2cc(C(Cl)c3ccco3)ccc2N1. The third-order valence-electron chi connectivity index (χ3n) is 3.11. The van der Waals surface area contributed by atoms with Gasteiger partial charge in [-0.25, -0.2) is 0 Å². The van der Waals surface area contributed by atoms with E-state index in [-0.39, 0.29) is 11.3 Å². The van der Waals surface area contributed by atoms with Crippen molar-refractivity contribution in [3.8, 4) is 0 Å². The second-order valence-electron chi connectivity index (χ2n) is 4.34. The molecule has 0 saturated carbocycles. The number of alkyl halides is 1. The van der Waals surface area contributed by atoms with Gasteiger partial charge in [-0.15, -0.1) is 11.6 Å². The first-order chi connectivity index (χ1) is 8.74. The van der Waals surface area contributed by atoms with Crippen LogP contribution in [0.3, 0.4) is 0 Å². The van der Waals surface area contributed by atoms with Gasteiger partial charge in [0.1, 0.15) is 11.1 Å². The predicted molar refractivity (Wildman–Crippen MR) is 69.8 cm³/mol. The molecule has 1 aliphatic heterocycles.